The summed E-state index contributed by atoms with van der Waals surface area (Å²) in [7, 11) is 0. The highest BCUT2D eigenvalue weighted by Crippen LogP contribution is 2.23. The lowest BCUT2D eigenvalue weighted by molar-refractivity contribution is 0.494. The molecule has 0 spiro atoms. The fourth-order valence-electron chi connectivity index (χ4n) is 3.76. The van der Waals surface area contributed by atoms with Crippen LogP contribution in [0.4, 0.5) is 5.95 Å². The molecule has 8 nitrogen and oxygen atoms in total. The van der Waals surface area contributed by atoms with Gasteiger partial charge >= 0.3 is 0 Å². The van der Waals surface area contributed by atoms with Crippen LogP contribution >= 0.6 is 0 Å². The summed E-state index contributed by atoms with van der Waals surface area (Å²) in [6.45, 7) is 6.71. The van der Waals surface area contributed by atoms with Gasteiger partial charge < -0.3 is 15.2 Å². The molecule has 27 heavy (non-hydrogen) atoms. The molecule has 4 heterocycles. The maximum absolute atomic E-state index is 13.1. The zero-order chi connectivity index (χ0) is 19.0. The summed E-state index contributed by atoms with van der Waals surface area (Å²) in [4.78, 5) is 24.4. The third kappa shape index (κ3) is 3.32. The molecule has 0 saturated carbocycles. The van der Waals surface area contributed by atoms with Crippen LogP contribution in [0.25, 0.3) is 11.0 Å². The normalized spacial score (nSPS) is 17.6. The van der Waals surface area contributed by atoms with Gasteiger partial charge in [0.15, 0.2) is 0 Å². The van der Waals surface area contributed by atoms with Gasteiger partial charge in [0.05, 0.1) is 18.4 Å². The Labute approximate surface area is 157 Å². The second kappa shape index (κ2) is 7.11. The third-order valence-electron chi connectivity index (χ3n) is 5.07. The monoisotopic (exact) mass is 367 g/mol. The first kappa shape index (κ1) is 17.7. The van der Waals surface area contributed by atoms with Gasteiger partial charge in [-0.05, 0) is 44.4 Å². The highest BCUT2D eigenvalue weighted by Gasteiger charge is 2.23. The Bertz CT molecular complexity index is 1020. The van der Waals surface area contributed by atoms with Crippen LogP contribution in [0, 0.1) is 6.92 Å². The molecule has 0 radical (unpaired) electrons. The van der Waals surface area contributed by atoms with Crippen LogP contribution in [0.2, 0.25) is 0 Å². The molecule has 0 bridgehead atoms. The van der Waals surface area contributed by atoms with E-state index in [4.69, 9.17) is 10.7 Å². The molecule has 3 aromatic heterocycles. The fourth-order valence-corrected chi connectivity index (χ4v) is 3.76. The number of hydrogen-bond donors (Lipinski definition) is 1. The molecule has 2 N–H and O–H groups in total. The summed E-state index contributed by atoms with van der Waals surface area (Å²) in [6, 6.07) is 4.05. The number of nitrogens with zero attached hydrogens (tertiary/aromatic N) is 6. The number of nitrogens with two attached hydrogens (primary N) is 1. The van der Waals surface area contributed by atoms with E-state index in [9.17, 15) is 4.79 Å². The molecule has 3 aromatic rings. The van der Waals surface area contributed by atoms with Crippen molar-refractivity contribution in [2.45, 2.75) is 45.8 Å². The molecule has 1 unspecified atom stereocenters. The van der Waals surface area contributed by atoms with E-state index in [-0.39, 0.29) is 11.6 Å². The largest absolute Gasteiger partial charge is 0.341 e. The van der Waals surface area contributed by atoms with Crippen molar-refractivity contribution < 1.29 is 0 Å². The van der Waals surface area contributed by atoms with Crippen LogP contribution in [0.1, 0.15) is 31.0 Å². The van der Waals surface area contributed by atoms with E-state index in [1.165, 1.54) is 4.68 Å². The molecule has 1 atom stereocenters. The van der Waals surface area contributed by atoms with Crippen molar-refractivity contribution in [2.75, 3.05) is 18.0 Å². The van der Waals surface area contributed by atoms with Crippen molar-refractivity contribution in [3.8, 4) is 0 Å². The Morgan fingerprint density at radius 3 is 2.96 bits per heavy atom. The molecule has 1 aliphatic rings. The molecule has 0 aliphatic carbocycles. The van der Waals surface area contributed by atoms with E-state index in [1.54, 1.807) is 12.4 Å². The lowest BCUT2D eigenvalue weighted by atomic mass is 10.1. The third-order valence-corrected chi connectivity index (χ3v) is 5.07. The average Bonchev–Trinajstić information content (AvgIpc) is 3.03. The van der Waals surface area contributed by atoms with Crippen LogP contribution in [0.3, 0.4) is 0 Å². The number of rotatable bonds is 4. The minimum absolute atomic E-state index is 0.141. The van der Waals surface area contributed by atoms with Gasteiger partial charge in [0.1, 0.15) is 11.0 Å². The number of pyridine rings is 1. The van der Waals surface area contributed by atoms with E-state index < -0.39 is 0 Å². The predicted octanol–water partition coefficient (Wildman–Crippen LogP) is 1.29. The molecule has 0 aromatic carbocycles. The molecular weight excluding hydrogens is 342 g/mol. The molecule has 1 aliphatic heterocycles. The van der Waals surface area contributed by atoms with Gasteiger partial charge in [-0.15, -0.1) is 0 Å². The van der Waals surface area contributed by atoms with Gasteiger partial charge in [-0.3, -0.25) is 9.78 Å². The van der Waals surface area contributed by atoms with E-state index in [2.05, 4.69) is 15.0 Å². The van der Waals surface area contributed by atoms with Gasteiger partial charge in [0.2, 0.25) is 5.95 Å². The first-order chi connectivity index (χ1) is 13.1. The van der Waals surface area contributed by atoms with Gasteiger partial charge in [-0.25, -0.2) is 9.67 Å². The quantitative estimate of drug-likeness (QED) is 0.747. The highest BCUT2D eigenvalue weighted by atomic mass is 16.1. The fraction of sp³-hybridized carbons (Fsp3) is 0.474. The zero-order valence-corrected chi connectivity index (χ0v) is 15.8. The molecule has 0 amide bonds. The number of imidazole rings is 1. The van der Waals surface area contributed by atoms with Crippen LogP contribution in [0.15, 0.2) is 29.3 Å². The van der Waals surface area contributed by atoms with Crippen molar-refractivity contribution in [3.05, 3.63) is 46.1 Å². The minimum Gasteiger partial charge on any atom is -0.341 e. The number of anilines is 1. The molecule has 4 rings (SSSR count). The second-order valence-corrected chi connectivity index (χ2v) is 7.17. The first-order valence-electron chi connectivity index (χ1n) is 9.45. The van der Waals surface area contributed by atoms with Gasteiger partial charge in [0.25, 0.3) is 5.56 Å². The smallest absolute Gasteiger partial charge is 0.293 e. The number of fused-ring (bicyclic) bond motifs is 1. The molecule has 142 valence electrons. The lowest BCUT2D eigenvalue weighted by Gasteiger charge is -2.31. The Morgan fingerprint density at radius 2 is 2.22 bits per heavy atom. The summed E-state index contributed by atoms with van der Waals surface area (Å²) in [6.07, 6.45) is 5.49. The van der Waals surface area contributed by atoms with Crippen LogP contribution in [-0.4, -0.2) is 43.4 Å². The number of aryl methyl sites for hydroxylation is 2. The summed E-state index contributed by atoms with van der Waals surface area (Å²) in [5.41, 5.74) is 9.14. The topological polar surface area (TPSA) is 94.9 Å². The van der Waals surface area contributed by atoms with Crippen molar-refractivity contribution in [3.63, 3.8) is 0 Å². The number of piperidine rings is 1. The van der Waals surface area contributed by atoms with E-state index >= 15 is 0 Å². The van der Waals surface area contributed by atoms with Crippen LogP contribution < -0.4 is 16.2 Å². The first-order valence-corrected chi connectivity index (χ1v) is 9.45. The SMILES string of the molecule is CCn1c(N2CCCC(N)C2)nc2cnn(Cc3cc(C)ccn3)c(=O)c21. The number of hydrogen-bond acceptors (Lipinski definition) is 6. The van der Waals surface area contributed by atoms with Crippen molar-refractivity contribution >= 4 is 17.0 Å². The highest BCUT2D eigenvalue weighted by molar-refractivity contribution is 5.77. The predicted molar refractivity (Wildman–Crippen MR) is 105 cm³/mol. The Hall–Kier alpha value is -2.74. The standard InChI is InChI=1S/C19H25N7O/c1-3-25-17-16(23-19(25)24-8-4-5-14(20)11-24)10-22-26(18(17)27)12-15-9-13(2)6-7-21-15/h6-7,9-10,14H,3-5,8,11-12,20H2,1-2H3. The second-order valence-electron chi connectivity index (χ2n) is 7.17. The summed E-state index contributed by atoms with van der Waals surface area (Å²) in [5.74, 6) is 0.813. The number of aromatic nitrogens is 5. The molecule has 1 fully saturated rings. The zero-order valence-electron chi connectivity index (χ0n) is 15.8. The maximum atomic E-state index is 13.1. The van der Waals surface area contributed by atoms with E-state index in [0.717, 1.165) is 43.1 Å². The Morgan fingerprint density at radius 1 is 1.37 bits per heavy atom. The lowest BCUT2D eigenvalue weighted by Crippen LogP contribution is -2.44. The van der Waals surface area contributed by atoms with Gasteiger partial charge in [-0.2, -0.15) is 5.10 Å². The minimum atomic E-state index is -0.141. The van der Waals surface area contributed by atoms with Crippen molar-refractivity contribution in [1.82, 2.24) is 24.3 Å². The summed E-state index contributed by atoms with van der Waals surface area (Å²) >= 11 is 0. The Kier molecular flexibility index (Phi) is 4.65. The van der Waals surface area contributed by atoms with Crippen molar-refractivity contribution in [2.24, 2.45) is 5.73 Å². The average molecular weight is 367 g/mol. The maximum Gasteiger partial charge on any atom is 0.293 e. The summed E-state index contributed by atoms with van der Waals surface area (Å²) in [5, 5.41) is 4.33. The summed E-state index contributed by atoms with van der Waals surface area (Å²) < 4.78 is 3.45. The molecule has 1 saturated heterocycles. The van der Waals surface area contributed by atoms with Gasteiger partial charge in [0, 0.05) is 31.9 Å². The van der Waals surface area contributed by atoms with E-state index in [1.807, 2.05) is 30.5 Å². The molecular formula is C19H25N7O. The van der Waals surface area contributed by atoms with Gasteiger partial charge in [-0.1, -0.05) is 0 Å². The molecule has 8 heteroatoms. The van der Waals surface area contributed by atoms with Crippen LogP contribution in [0.5, 0.6) is 0 Å². The van der Waals surface area contributed by atoms with Crippen LogP contribution in [-0.2, 0) is 13.1 Å². The van der Waals surface area contributed by atoms with E-state index in [0.29, 0.717) is 24.1 Å². The Balaban J connectivity index is 1.77. The van der Waals surface area contributed by atoms with Crippen molar-refractivity contribution in [1.29, 1.82) is 0 Å².